The van der Waals surface area contributed by atoms with Crippen molar-refractivity contribution in [1.82, 2.24) is 15.0 Å². The van der Waals surface area contributed by atoms with Gasteiger partial charge in [-0.1, -0.05) is 109 Å². The van der Waals surface area contributed by atoms with Crippen molar-refractivity contribution in [3.05, 3.63) is 132 Å². The summed E-state index contributed by atoms with van der Waals surface area (Å²) < 4.78 is 2.50. The largest absolute Gasteiger partial charge is 0.208 e. The highest BCUT2D eigenvalue weighted by atomic mass is 32.1. The third kappa shape index (κ3) is 3.98. The van der Waals surface area contributed by atoms with Crippen LogP contribution in [-0.4, -0.2) is 15.0 Å². The van der Waals surface area contributed by atoms with Crippen LogP contribution in [0, 0.1) is 0 Å². The summed E-state index contributed by atoms with van der Waals surface area (Å²) in [6.07, 6.45) is 6.67. The van der Waals surface area contributed by atoms with Gasteiger partial charge in [0.25, 0.3) is 0 Å². The molecule has 2 aromatic heterocycles. The molecule has 6 aromatic carbocycles. The molecule has 1 aliphatic rings. The van der Waals surface area contributed by atoms with Gasteiger partial charge in [-0.2, -0.15) is 0 Å². The minimum Gasteiger partial charge on any atom is -0.208 e. The number of hydrogen-bond acceptors (Lipinski definition) is 4. The number of benzene rings is 6. The minimum atomic E-state index is 0.678. The van der Waals surface area contributed by atoms with Crippen molar-refractivity contribution in [2.24, 2.45) is 0 Å². The number of nitrogens with zero attached hydrogens (tertiary/aromatic N) is 3. The molecule has 2 heterocycles. The summed E-state index contributed by atoms with van der Waals surface area (Å²) in [7, 11) is 0. The van der Waals surface area contributed by atoms with Crippen molar-refractivity contribution in [3.8, 4) is 34.2 Å². The lowest BCUT2D eigenvalue weighted by Gasteiger charge is -2.16. The van der Waals surface area contributed by atoms with E-state index in [1.165, 1.54) is 52.8 Å². The molecule has 8 aromatic rings. The molecule has 3 nitrogen and oxygen atoms in total. The number of thiophene rings is 1. The summed E-state index contributed by atoms with van der Waals surface area (Å²) >= 11 is 1.81. The van der Waals surface area contributed by atoms with Gasteiger partial charge in [-0.3, -0.25) is 0 Å². The maximum Gasteiger partial charge on any atom is 0.164 e. The lowest BCUT2D eigenvalue weighted by atomic mass is 9.88. The molecule has 0 unspecified atom stereocenters. The average Bonchev–Trinajstić information content (AvgIpc) is 3.47. The van der Waals surface area contributed by atoms with Crippen LogP contribution < -0.4 is 0 Å². The second-order valence-corrected chi connectivity index (χ2v) is 12.2. The molecule has 0 aliphatic heterocycles. The van der Waals surface area contributed by atoms with Gasteiger partial charge in [0.1, 0.15) is 0 Å². The third-order valence-electron chi connectivity index (χ3n) is 8.57. The van der Waals surface area contributed by atoms with Crippen LogP contribution in [0.25, 0.3) is 82.0 Å². The highest BCUT2D eigenvalue weighted by molar-refractivity contribution is 7.25. The molecule has 202 valence electrons. The monoisotopic (exact) mass is 567 g/mol. The SMILES string of the molecule is C1=Cc2ccc3ccc4ccc(-c5nc(-c6ccccc6)nc(-c6cccc7sc8ccccc8c67)n5)cc4c3c2CC1. The first-order chi connectivity index (χ1) is 21.3. The van der Waals surface area contributed by atoms with Gasteiger partial charge < -0.3 is 0 Å². The smallest absolute Gasteiger partial charge is 0.164 e. The normalized spacial score (nSPS) is 12.8. The highest BCUT2D eigenvalue weighted by Gasteiger charge is 2.18. The second-order valence-electron chi connectivity index (χ2n) is 11.1. The van der Waals surface area contributed by atoms with Crippen LogP contribution in [0.4, 0.5) is 0 Å². The Kier molecular flexibility index (Phi) is 5.50. The Morgan fingerprint density at radius 3 is 2.21 bits per heavy atom. The van der Waals surface area contributed by atoms with Crippen molar-refractivity contribution in [2.45, 2.75) is 12.8 Å². The van der Waals surface area contributed by atoms with E-state index in [-0.39, 0.29) is 0 Å². The van der Waals surface area contributed by atoms with Gasteiger partial charge in [0.15, 0.2) is 17.5 Å². The molecule has 9 rings (SSSR count). The van der Waals surface area contributed by atoms with Gasteiger partial charge in [-0.05, 0) is 63.7 Å². The molecule has 0 atom stereocenters. The fourth-order valence-electron chi connectivity index (χ4n) is 6.54. The Morgan fingerprint density at radius 2 is 1.28 bits per heavy atom. The second kappa shape index (κ2) is 9.69. The zero-order chi connectivity index (χ0) is 28.3. The standard InChI is InChI=1S/C39H25N3S/c1-2-10-27(11-3-1)37-40-38(42-39(41-37)31-14-8-16-34-36(31)30-13-6-7-15-33(30)43-34)28-22-19-25-18-21-26-20-17-24-9-4-5-12-29(24)35(26)32(25)23-28/h1-4,6-11,13-23H,5,12H2. The first kappa shape index (κ1) is 24.4. The quantitative estimate of drug-likeness (QED) is 0.199. The summed E-state index contributed by atoms with van der Waals surface area (Å²) in [6, 6.07) is 40.9. The lowest BCUT2D eigenvalue weighted by molar-refractivity contribution is 0.998. The predicted molar refractivity (Wildman–Crippen MR) is 181 cm³/mol. The van der Waals surface area contributed by atoms with Gasteiger partial charge in [0.05, 0.1) is 0 Å². The topological polar surface area (TPSA) is 38.7 Å². The lowest BCUT2D eigenvalue weighted by Crippen LogP contribution is -2.00. The number of rotatable bonds is 3. The maximum atomic E-state index is 5.18. The van der Waals surface area contributed by atoms with E-state index < -0.39 is 0 Å². The number of allylic oxidation sites excluding steroid dienone is 1. The molecule has 0 spiro atoms. The number of aromatic nitrogens is 3. The molecule has 0 fully saturated rings. The van der Waals surface area contributed by atoms with Crippen LogP contribution in [0.15, 0.2) is 121 Å². The maximum absolute atomic E-state index is 5.18. The van der Waals surface area contributed by atoms with Crippen LogP contribution >= 0.6 is 11.3 Å². The summed E-state index contributed by atoms with van der Waals surface area (Å²) in [5.41, 5.74) is 5.75. The molecular weight excluding hydrogens is 543 g/mol. The predicted octanol–water partition coefficient (Wildman–Crippen LogP) is 10.5. The Morgan fingerprint density at radius 1 is 0.535 bits per heavy atom. The number of fused-ring (bicyclic) bond motifs is 8. The van der Waals surface area contributed by atoms with Gasteiger partial charge in [-0.15, -0.1) is 11.3 Å². The summed E-state index contributed by atoms with van der Waals surface area (Å²) in [6.45, 7) is 0. The van der Waals surface area contributed by atoms with Crippen molar-refractivity contribution < 1.29 is 0 Å². The van der Waals surface area contributed by atoms with Crippen molar-refractivity contribution >= 4 is 59.1 Å². The zero-order valence-electron chi connectivity index (χ0n) is 23.3. The van der Waals surface area contributed by atoms with Crippen LogP contribution in [0.2, 0.25) is 0 Å². The Labute approximate surface area is 252 Å². The molecular formula is C39H25N3S. The van der Waals surface area contributed by atoms with Crippen LogP contribution in [0.3, 0.4) is 0 Å². The first-order valence-corrected chi connectivity index (χ1v) is 15.5. The van der Waals surface area contributed by atoms with E-state index >= 15 is 0 Å². The molecule has 0 N–H and O–H groups in total. The van der Waals surface area contributed by atoms with Crippen molar-refractivity contribution in [1.29, 1.82) is 0 Å². The van der Waals surface area contributed by atoms with Gasteiger partial charge in [0.2, 0.25) is 0 Å². The third-order valence-corrected chi connectivity index (χ3v) is 9.71. The summed E-state index contributed by atoms with van der Waals surface area (Å²) in [5, 5.41) is 7.52. The van der Waals surface area contributed by atoms with Crippen LogP contribution in [-0.2, 0) is 6.42 Å². The van der Waals surface area contributed by atoms with E-state index in [4.69, 9.17) is 15.0 Å². The van der Waals surface area contributed by atoms with Crippen molar-refractivity contribution in [2.75, 3.05) is 0 Å². The van der Waals surface area contributed by atoms with Crippen LogP contribution in [0.5, 0.6) is 0 Å². The summed E-state index contributed by atoms with van der Waals surface area (Å²) in [4.78, 5) is 15.3. The highest BCUT2D eigenvalue weighted by Crippen LogP contribution is 2.40. The Bertz CT molecular complexity index is 2400. The first-order valence-electron chi connectivity index (χ1n) is 14.7. The van der Waals surface area contributed by atoms with E-state index in [9.17, 15) is 0 Å². The van der Waals surface area contributed by atoms with Gasteiger partial charge >= 0.3 is 0 Å². The zero-order valence-corrected chi connectivity index (χ0v) is 24.1. The van der Waals surface area contributed by atoms with Gasteiger partial charge in [-0.25, -0.2) is 15.0 Å². The fraction of sp³-hybridized carbons (Fsp3) is 0.0513. The van der Waals surface area contributed by atoms with E-state index in [2.05, 4.69) is 109 Å². The molecule has 0 amide bonds. The molecule has 0 saturated carbocycles. The molecule has 0 radical (unpaired) electrons. The summed E-state index contributed by atoms with van der Waals surface area (Å²) in [5.74, 6) is 2.06. The Balaban J connectivity index is 1.31. The average molecular weight is 568 g/mol. The molecule has 0 bridgehead atoms. The van der Waals surface area contributed by atoms with E-state index in [0.29, 0.717) is 17.5 Å². The minimum absolute atomic E-state index is 0.678. The van der Waals surface area contributed by atoms with E-state index in [1.807, 2.05) is 29.5 Å². The van der Waals surface area contributed by atoms with Crippen LogP contribution in [0.1, 0.15) is 17.5 Å². The molecule has 4 heteroatoms. The molecule has 0 saturated heterocycles. The molecule has 1 aliphatic carbocycles. The molecule has 43 heavy (non-hydrogen) atoms. The van der Waals surface area contributed by atoms with Crippen molar-refractivity contribution in [3.63, 3.8) is 0 Å². The van der Waals surface area contributed by atoms with Gasteiger partial charge in [0, 0.05) is 36.9 Å². The fourth-order valence-corrected chi connectivity index (χ4v) is 7.67. The van der Waals surface area contributed by atoms with E-state index in [1.54, 1.807) is 0 Å². The number of hydrogen-bond donors (Lipinski definition) is 0. The number of aryl methyl sites for hydroxylation is 1. The Hall–Kier alpha value is -5.19. The van der Waals surface area contributed by atoms with E-state index in [0.717, 1.165) is 29.5 Å².